The summed E-state index contributed by atoms with van der Waals surface area (Å²) in [6.07, 6.45) is 3.33. The van der Waals surface area contributed by atoms with Crippen LogP contribution in [0, 0.1) is 0 Å². The van der Waals surface area contributed by atoms with Crippen LogP contribution in [0.15, 0.2) is 18.2 Å². The third-order valence-corrected chi connectivity index (χ3v) is 4.23. The molecule has 1 aliphatic heterocycles. The van der Waals surface area contributed by atoms with E-state index in [1.807, 2.05) is 6.07 Å². The van der Waals surface area contributed by atoms with Crippen LogP contribution in [0.1, 0.15) is 18.4 Å². The fourth-order valence-corrected chi connectivity index (χ4v) is 3.04. The van der Waals surface area contributed by atoms with Crippen molar-refractivity contribution in [1.29, 1.82) is 0 Å². The van der Waals surface area contributed by atoms with Gasteiger partial charge in [-0.3, -0.25) is 0 Å². The van der Waals surface area contributed by atoms with Gasteiger partial charge in [0.15, 0.2) is 0 Å². The summed E-state index contributed by atoms with van der Waals surface area (Å²) in [7, 11) is 4.34. The molecule has 0 aromatic heterocycles. The van der Waals surface area contributed by atoms with E-state index in [4.69, 9.17) is 17.3 Å². The number of rotatable bonds is 4. The van der Waals surface area contributed by atoms with Crippen LogP contribution in [0.5, 0.6) is 0 Å². The van der Waals surface area contributed by atoms with Crippen molar-refractivity contribution in [2.45, 2.75) is 25.3 Å². The average Bonchev–Trinajstić information content (AvgIpc) is 2.39. The van der Waals surface area contributed by atoms with Crippen LogP contribution in [0.3, 0.4) is 0 Å². The Morgan fingerprint density at radius 1 is 1.32 bits per heavy atom. The van der Waals surface area contributed by atoms with Gasteiger partial charge in [-0.1, -0.05) is 11.6 Å². The number of nitrogens with two attached hydrogens (primary N) is 1. The minimum Gasteiger partial charge on any atom is -0.371 e. The molecule has 0 saturated carbocycles. The van der Waals surface area contributed by atoms with Gasteiger partial charge in [-0.25, -0.2) is 0 Å². The minimum absolute atomic E-state index is 0.668. The highest BCUT2D eigenvalue weighted by molar-refractivity contribution is 6.30. The summed E-state index contributed by atoms with van der Waals surface area (Å²) in [5, 5.41) is 0.801. The molecule has 3 nitrogen and oxygen atoms in total. The first kappa shape index (κ1) is 14.6. The Hall–Kier alpha value is -0.770. The van der Waals surface area contributed by atoms with E-state index >= 15 is 0 Å². The second-order valence-electron chi connectivity index (χ2n) is 5.49. The highest BCUT2D eigenvalue weighted by atomic mass is 35.5. The van der Waals surface area contributed by atoms with Gasteiger partial charge in [0, 0.05) is 29.8 Å². The molecule has 0 amide bonds. The van der Waals surface area contributed by atoms with E-state index in [-0.39, 0.29) is 0 Å². The Balaban J connectivity index is 2.10. The Morgan fingerprint density at radius 3 is 2.58 bits per heavy atom. The maximum absolute atomic E-state index is 6.09. The molecule has 2 rings (SSSR count). The zero-order chi connectivity index (χ0) is 13.8. The van der Waals surface area contributed by atoms with E-state index in [1.54, 1.807) is 0 Å². The lowest BCUT2D eigenvalue weighted by Gasteiger charge is -2.37. The van der Waals surface area contributed by atoms with E-state index in [9.17, 15) is 0 Å². The molecule has 1 heterocycles. The fourth-order valence-electron chi connectivity index (χ4n) is 2.84. The lowest BCUT2D eigenvalue weighted by molar-refractivity contribution is 0.249. The summed E-state index contributed by atoms with van der Waals surface area (Å²) < 4.78 is 0. The third kappa shape index (κ3) is 3.62. The highest BCUT2D eigenvalue weighted by Crippen LogP contribution is 2.28. The molecule has 4 heteroatoms. The molecule has 1 aromatic rings. The predicted octanol–water partition coefficient (Wildman–Crippen LogP) is 2.37. The monoisotopic (exact) mass is 281 g/mol. The number of hydrogen-bond acceptors (Lipinski definition) is 3. The number of benzene rings is 1. The first-order chi connectivity index (χ1) is 9.11. The Bertz CT molecular complexity index is 412. The van der Waals surface area contributed by atoms with E-state index in [0.29, 0.717) is 12.6 Å². The fraction of sp³-hybridized carbons (Fsp3) is 0.600. The first-order valence-corrected chi connectivity index (χ1v) is 7.39. The molecule has 1 aliphatic rings. The van der Waals surface area contributed by atoms with Gasteiger partial charge >= 0.3 is 0 Å². The molecule has 0 unspecified atom stereocenters. The average molecular weight is 282 g/mol. The molecular formula is C15H24ClN3. The number of anilines is 1. The van der Waals surface area contributed by atoms with Crippen molar-refractivity contribution in [2.24, 2.45) is 5.73 Å². The summed E-state index contributed by atoms with van der Waals surface area (Å²) in [6.45, 7) is 2.89. The lowest BCUT2D eigenvalue weighted by Crippen LogP contribution is -2.42. The number of hydrogen-bond donors (Lipinski definition) is 1. The maximum Gasteiger partial charge on any atom is 0.0410 e. The summed E-state index contributed by atoms with van der Waals surface area (Å²) in [5.74, 6) is 0. The zero-order valence-electron chi connectivity index (χ0n) is 11.9. The second-order valence-corrected chi connectivity index (χ2v) is 5.93. The van der Waals surface area contributed by atoms with Gasteiger partial charge in [0.25, 0.3) is 0 Å². The molecule has 1 aromatic carbocycles. The van der Waals surface area contributed by atoms with Gasteiger partial charge in [0.1, 0.15) is 0 Å². The van der Waals surface area contributed by atoms with Crippen LogP contribution in [-0.4, -0.2) is 44.7 Å². The SMILES string of the molecule is CN(C)C1CCN(c2ccc(Cl)cc2CCN)CC1. The van der Waals surface area contributed by atoms with Gasteiger partial charge in [-0.15, -0.1) is 0 Å². The third-order valence-electron chi connectivity index (χ3n) is 3.99. The van der Waals surface area contributed by atoms with Crippen LogP contribution < -0.4 is 10.6 Å². The smallest absolute Gasteiger partial charge is 0.0410 e. The van der Waals surface area contributed by atoms with Gasteiger partial charge in [-0.2, -0.15) is 0 Å². The summed E-state index contributed by atoms with van der Waals surface area (Å²) in [4.78, 5) is 4.81. The van der Waals surface area contributed by atoms with Gasteiger partial charge in [0.2, 0.25) is 0 Å². The largest absolute Gasteiger partial charge is 0.371 e. The van der Waals surface area contributed by atoms with Crippen molar-refractivity contribution in [3.8, 4) is 0 Å². The van der Waals surface area contributed by atoms with E-state index in [0.717, 1.165) is 24.5 Å². The summed E-state index contributed by atoms with van der Waals surface area (Å²) in [6, 6.07) is 6.89. The molecule has 0 radical (unpaired) electrons. The minimum atomic E-state index is 0.668. The zero-order valence-corrected chi connectivity index (χ0v) is 12.7. The number of piperidine rings is 1. The van der Waals surface area contributed by atoms with E-state index < -0.39 is 0 Å². The predicted molar refractivity (Wildman–Crippen MR) is 83.1 cm³/mol. The van der Waals surface area contributed by atoms with Crippen LogP contribution in [0.4, 0.5) is 5.69 Å². The van der Waals surface area contributed by atoms with Crippen LogP contribution in [0.2, 0.25) is 5.02 Å². The normalized spacial score (nSPS) is 17.2. The van der Waals surface area contributed by atoms with Gasteiger partial charge < -0.3 is 15.5 Å². The van der Waals surface area contributed by atoms with Crippen molar-refractivity contribution in [1.82, 2.24) is 4.90 Å². The summed E-state index contributed by atoms with van der Waals surface area (Å²) in [5.41, 5.74) is 8.29. The lowest BCUT2D eigenvalue weighted by atomic mass is 10.0. The topological polar surface area (TPSA) is 32.5 Å². The molecule has 0 atom stereocenters. The Kier molecular flexibility index (Phi) is 5.08. The summed E-state index contributed by atoms with van der Waals surface area (Å²) >= 11 is 6.09. The first-order valence-electron chi connectivity index (χ1n) is 7.01. The van der Waals surface area contributed by atoms with E-state index in [2.05, 4.69) is 36.0 Å². The van der Waals surface area contributed by atoms with Crippen molar-refractivity contribution >= 4 is 17.3 Å². The molecule has 0 aliphatic carbocycles. The standard InChI is InChI=1S/C15H24ClN3/c1-18(2)14-6-9-19(10-7-14)15-4-3-13(16)11-12(15)5-8-17/h3-4,11,14H,5-10,17H2,1-2H3. The number of halogens is 1. The highest BCUT2D eigenvalue weighted by Gasteiger charge is 2.22. The van der Waals surface area contributed by atoms with Gasteiger partial charge in [0.05, 0.1) is 0 Å². The van der Waals surface area contributed by atoms with Crippen molar-refractivity contribution in [3.05, 3.63) is 28.8 Å². The molecule has 2 N–H and O–H groups in total. The number of nitrogens with zero attached hydrogens (tertiary/aromatic N) is 2. The van der Waals surface area contributed by atoms with Crippen molar-refractivity contribution in [3.63, 3.8) is 0 Å². The van der Waals surface area contributed by atoms with Crippen molar-refractivity contribution < 1.29 is 0 Å². The molecular weight excluding hydrogens is 258 g/mol. The molecule has 1 fully saturated rings. The quantitative estimate of drug-likeness (QED) is 0.920. The molecule has 1 saturated heterocycles. The molecule has 19 heavy (non-hydrogen) atoms. The molecule has 0 spiro atoms. The second kappa shape index (κ2) is 6.60. The van der Waals surface area contributed by atoms with Crippen molar-refractivity contribution in [2.75, 3.05) is 38.6 Å². The maximum atomic E-state index is 6.09. The van der Waals surface area contributed by atoms with Gasteiger partial charge in [-0.05, 0) is 63.7 Å². The van der Waals surface area contributed by atoms with E-state index in [1.165, 1.54) is 24.1 Å². The van der Waals surface area contributed by atoms with Crippen LogP contribution in [-0.2, 0) is 6.42 Å². The molecule has 0 bridgehead atoms. The van der Waals surface area contributed by atoms with Crippen LogP contribution in [0.25, 0.3) is 0 Å². The Labute approximate surface area is 121 Å². The Morgan fingerprint density at radius 2 is 2.00 bits per heavy atom. The molecule has 106 valence electrons. The van der Waals surface area contributed by atoms with Crippen LogP contribution >= 0.6 is 11.6 Å².